The summed E-state index contributed by atoms with van der Waals surface area (Å²) in [5.74, 6) is 0.614. The smallest absolute Gasteiger partial charge is 0.310 e. The number of hydrogen-bond donors (Lipinski definition) is 2. The van der Waals surface area contributed by atoms with Gasteiger partial charge in [-0.05, 0) is 75.2 Å². The molecule has 1 saturated heterocycles. The number of anilines is 2. The van der Waals surface area contributed by atoms with Crippen LogP contribution in [0.1, 0.15) is 32.3 Å². The summed E-state index contributed by atoms with van der Waals surface area (Å²) in [4.78, 5) is 29.8. The van der Waals surface area contributed by atoms with Crippen molar-refractivity contribution in [2.24, 2.45) is 5.92 Å². The maximum atomic E-state index is 12.5. The van der Waals surface area contributed by atoms with Crippen molar-refractivity contribution in [3.05, 3.63) is 64.4 Å². The third kappa shape index (κ3) is 5.48. The number of rotatable bonds is 8. The lowest BCUT2D eigenvalue weighted by Crippen LogP contribution is -2.39. The molecule has 0 saturated carbocycles. The van der Waals surface area contributed by atoms with Gasteiger partial charge in [0.25, 0.3) is 5.56 Å². The summed E-state index contributed by atoms with van der Waals surface area (Å²) in [6.45, 7) is 6.83. The quantitative estimate of drug-likeness (QED) is 0.499. The lowest BCUT2D eigenvalue weighted by Gasteiger charge is -2.33. The summed E-state index contributed by atoms with van der Waals surface area (Å²) >= 11 is 0. The number of H-pyrrole nitrogens is 1. The van der Waals surface area contributed by atoms with E-state index in [1.165, 1.54) is 0 Å². The molecule has 2 heterocycles. The molecule has 3 aromatic rings. The monoisotopic (exact) mass is 449 g/mol. The summed E-state index contributed by atoms with van der Waals surface area (Å²) in [5.41, 5.74) is 3.36. The van der Waals surface area contributed by atoms with Crippen LogP contribution in [0.5, 0.6) is 5.75 Å². The van der Waals surface area contributed by atoms with Crippen molar-refractivity contribution in [1.82, 2.24) is 4.98 Å². The first kappa shape index (κ1) is 22.7. The van der Waals surface area contributed by atoms with Gasteiger partial charge in [0.05, 0.1) is 19.1 Å². The fourth-order valence-electron chi connectivity index (χ4n) is 4.27. The maximum absolute atomic E-state index is 12.5. The fraction of sp³-hybridized carbons (Fsp3) is 0.385. The summed E-state index contributed by atoms with van der Waals surface area (Å²) in [6.07, 6.45) is 1.85. The molecule has 4 rings (SSSR count). The number of nitrogens with zero attached hydrogens (tertiary/aromatic N) is 1. The minimum absolute atomic E-state index is 0.0700. The highest BCUT2D eigenvalue weighted by Crippen LogP contribution is 2.26. The van der Waals surface area contributed by atoms with Crippen molar-refractivity contribution < 1.29 is 14.3 Å². The number of carbonyl (C=O) groups is 1. The molecule has 7 nitrogen and oxygen atoms in total. The number of carbonyl (C=O) groups excluding carboxylic acids is 1. The second kappa shape index (κ2) is 10.4. The molecule has 1 fully saturated rings. The van der Waals surface area contributed by atoms with Gasteiger partial charge in [-0.2, -0.15) is 0 Å². The standard InChI is InChI=1S/C26H31N3O4/c1-3-32-23-11-12-24-19(15-23)14-20(25(30)28-24)16-27-21-7-9-22(10-8-21)29-13-5-6-18(17-29)26(31)33-4-2/h7-12,14-15,18,27H,3-6,13,16-17H2,1-2H3,(H,28,30). The number of piperidine rings is 1. The molecule has 7 heteroatoms. The molecule has 1 aliphatic heterocycles. The van der Waals surface area contributed by atoms with Crippen molar-refractivity contribution in [2.45, 2.75) is 33.2 Å². The minimum Gasteiger partial charge on any atom is -0.494 e. The average molecular weight is 450 g/mol. The van der Waals surface area contributed by atoms with E-state index in [0.29, 0.717) is 31.9 Å². The molecular formula is C26H31N3O4. The van der Waals surface area contributed by atoms with Gasteiger partial charge in [-0.25, -0.2) is 0 Å². The van der Waals surface area contributed by atoms with E-state index in [2.05, 4.69) is 27.3 Å². The molecule has 2 N–H and O–H groups in total. The van der Waals surface area contributed by atoms with Crippen LogP contribution in [0.15, 0.2) is 53.3 Å². The van der Waals surface area contributed by atoms with E-state index in [0.717, 1.165) is 47.4 Å². The Bertz CT molecular complexity index is 1160. The predicted octanol–water partition coefficient (Wildman–Crippen LogP) is 4.32. The van der Waals surface area contributed by atoms with Crippen molar-refractivity contribution >= 4 is 28.2 Å². The molecule has 174 valence electrons. The van der Waals surface area contributed by atoms with Gasteiger partial charge in [0.2, 0.25) is 0 Å². The maximum Gasteiger partial charge on any atom is 0.310 e. The molecule has 1 aromatic heterocycles. The average Bonchev–Trinajstić information content (AvgIpc) is 2.84. The molecular weight excluding hydrogens is 418 g/mol. The van der Waals surface area contributed by atoms with Gasteiger partial charge in [0, 0.05) is 47.5 Å². The van der Waals surface area contributed by atoms with E-state index >= 15 is 0 Å². The highest BCUT2D eigenvalue weighted by molar-refractivity contribution is 5.80. The van der Waals surface area contributed by atoms with Crippen LogP contribution in [0.4, 0.5) is 11.4 Å². The highest BCUT2D eigenvalue weighted by Gasteiger charge is 2.26. The number of ether oxygens (including phenoxy) is 2. The predicted molar refractivity (Wildman–Crippen MR) is 131 cm³/mol. The van der Waals surface area contributed by atoms with Gasteiger partial charge in [-0.3, -0.25) is 9.59 Å². The fourth-order valence-corrected chi connectivity index (χ4v) is 4.27. The Hall–Kier alpha value is -3.48. The molecule has 2 aromatic carbocycles. The van der Waals surface area contributed by atoms with E-state index in [1.807, 2.05) is 50.2 Å². The van der Waals surface area contributed by atoms with Crippen molar-refractivity contribution in [2.75, 3.05) is 36.5 Å². The SMILES string of the molecule is CCOC(=O)C1CCCN(c2ccc(NCc3cc4cc(OCC)ccc4[nH]c3=O)cc2)C1. The number of esters is 1. The lowest BCUT2D eigenvalue weighted by molar-refractivity contribution is -0.148. The van der Waals surface area contributed by atoms with Crippen LogP contribution in [0.3, 0.4) is 0 Å². The summed E-state index contributed by atoms with van der Waals surface area (Å²) in [6, 6.07) is 15.7. The molecule has 1 atom stereocenters. The molecule has 0 aliphatic carbocycles. The zero-order valence-corrected chi connectivity index (χ0v) is 19.2. The van der Waals surface area contributed by atoms with Crippen LogP contribution in [0, 0.1) is 5.92 Å². The molecule has 0 spiro atoms. The van der Waals surface area contributed by atoms with Crippen LogP contribution in [-0.2, 0) is 16.1 Å². The van der Waals surface area contributed by atoms with Gasteiger partial charge < -0.3 is 24.7 Å². The Morgan fingerprint density at radius 3 is 2.70 bits per heavy atom. The number of aromatic amines is 1. The van der Waals surface area contributed by atoms with Gasteiger partial charge in [-0.15, -0.1) is 0 Å². The van der Waals surface area contributed by atoms with Gasteiger partial charge >= 0.3 is 5.97 Å². The first-order chi connectivity index (χ1) is 16.1. The Kier molecular flexibility index (Phi) is 7.17. The molecule has 1 unspecified atom stereocenters. The first-order valence-electron chi connectivity index (χ1n) is 11.6. The molecule has 0 amide bonds. The van der Waals surface area contributed by atoms with Crippen LogP contribution in [-0.4, -0.2) is 37.3 Å². The summed E-state index contributed by atoms with van der Waals surface area (Å²) in [7, 11) is 0. The number of benzene rings is 2. The first-order valence-corrected chi connectivity index (χ1v) is 11.6. The number of fused-ring (bicyclic) bond motifs is 1. The Morgan fingerprint density at radius 1 is 1.12 bits per heavy atom. The molecule has 0 bridgehead atoms. The van der Waals surface area contributed by atoms with Gasteiger partial charge in [0.15, 0.2) is 0 Å². The van der Waals surface area contributed by atoms with E-state index in [-0.39, 0.29) is 17.4 Å². The van der Waals surface area contributed by atoms with Crippen LogP contribution < -0.4 is 20.5 Å². The summed E-state index contributed by atoms with van der Waals surface area (Å²) in [5, 5.41) is 4.28. The van der Waals surface area contributed by atoms with Crippen molar-refractivity contribution in [3.8, 4) is 5.75 Å². The third-order valence-corrected chi connectivity index (χ3v) is 5.96. The Labute approximate surface area is 193 Å². The van der Waals surface area contributed by atoms with Crippen LogP contribution in [0.2, 0.25) is 0 Å². The number of hydrogen-bond acceptors (Lipinski definition) is 6. The third-order valence-electron chi connectivity index (χ3n) is 5.96. The van der Waals surface area contributed by atoms with Crippen molar-refractivity contribution in [1.29, 1.82) is 0 Å². The van der Waals surface area contributed by atoms with Crippen LogP contribution in [0.25, 0.3) is 10.9 Å². The summed E-state index contributed by atoms with van der Waals surface area (Å²) < 4.78 is 10.8. The molecule has 0 radical (unpaired) electrons. The lowest BCUT2D eigenvalue weighted by atomic mass is 9.97. The highest BCUT2D eigenvalue weighted by atomic mass is 16.5. The largest absolute Gasteiger partial charge is 0.494 e. The second-order valence-corrected chi connectivity index (χ2v) is 8.24. The number of aromatic nitrogens is 1. The Morgan fingerprint density at radius 2 is 1.94 bits per heavy atom. The van der Waals surface area contributed by atoms with Crippen molar-refractivity contribution in [3.63, 3.8) is 0 Å². The van der Waals surface area contributed by atoms with E-state index in [1.54, 1.807) is 0 Å². The van der Waals surface area contributed by atoms with Gasteiger partial charge in [-0.1, -0.05) is 0 Å². The topological polar surface area (TPSA) is 83.7 Å². The van der Waals surface area contributed by atoms with E-state index in [9.17, 15) is 9.59 Å². The van der Waals surface area contributed by atoms with E-state index < -0.39 is 0 Å². The minimum atomic E-state index is -0.103. The zero-order chi connectivity index (χ0) is 23.2. The van der Waals surface area contributed by atoms with E-state index in [4.69, 9.17) is 9.47 Å². The molecule has 1 aliphatic rings. The normalized spacial score (nSPS) is 15.9. The Balaban J connectivity index is 1.41. The zero-order valence-electron chi connectivity index (χ0n) is 19.2. The second-order valence-electron chi connectivity index (χ2n) is 8.24. The number of pyridine rings is 1. The molecule has 33 heavy (non-hydrogen) atoms. The number of nitrogens with one attached hydrogen (secondary N) is 2. The van der Waals surface area contributed by atoms with Crippen LogP contribution >= 0.6 is 0 Å². The van der Waals surface area contributed by atoms with Gasteiger partial charge in [0.1, 0.15) is 5.75 Å².